The molecular formula is C20H26N2O3. The highest BCUT2D eigenvalue weighted by molar-refractivity contribution is 5.78. The lowest BCUT2D eigenvalue weighted by Crippen LogP contribution is -2.35. The summed E-state index contributed by atoms with van der Waals surface area (Å²) in [6.45, 7) is 3.12. The van der Waals surface area contributed by atoms with Crippen LogP contribution >= 0.6 is 0 Å². The third kappa shape index (κ3) is 4.42. The van der Waals surface area contributed by atoms with E-state index in [1.165, 1.54) is 5.69 Å². The summed E-state index contributed by atoms with van der Waals surface area (Å²) in [4.78, 5) is 14.9. The zero-order valence-electron chi connectivity index (χ0n) is 15.0. The smallest absolute Gasteiger partial charge is 0.227 e. The fourth-order valence-corrected chi connectivity index (χ4v) is 3.37. The Morgan fingerprint density at radius 2 is 1.96 bits per heavy atom. The maximum atomic E-state index is 12.9. The van der Waals surface area contributed by atoms with Gasteiger partial charge >= 0.3 is 0 Å². The minimum absolute atomic E-state index is 0.169. The highest BCUT2D eigenvalue weighted by atomic mass is 16.5. The number of carbonyl (C=O) groups is 1. The number of benzene rings is 1. The van der Waals surface area contributed by atoms with Crippen molar-refractivity contribution in [1.29, 1.82) is 0 Å². The van der Waals surface area contributed by atoms with Crippen molar-refractivity contribution in [1.82, 2.24) is 9.47 Å². The van der Waals surface area contributed by atoms with Gasteiger partial charge in [0.05, 0.1) is 20.1 Å². The SMILES string of the molecule is COCC[C@@H]1CN(C(=O)Cc2ccc(OC)cc2)Cc2cccn2C1. The number of fused-ring (bicyclic) bond motifs is 1. The summed E-state index contributed by atoms with van der Waals surface area (Å²) in [7, 11) is 3.37. The summed E-state index contributed by atoms with van der Waals surface area (Å²) in [5, 5.41) is 0. The number of hydrogen-bond acceptors (Lipinski definition) is 3. The van der Waals surface area contributed by atoms with Crippen molar-refractivity contribution in [3.8, 4) is 5.75 Å². The van der Waals surface area contributed by atoms with E-state index in [9.17, 15) is 4.79 Å². The Morgan fingerprint density at radius 3 is 2.68 bits per heavy atom. The first kappa shape index (κ1) is 17.5. The predicted molar refractivity (Wildman–Crippen MR) is 96.5 cm³/mol. The van der Waals surface area contributed by atoms with Gasteiger partial charge < -0.3 is 18.9 Å². The van der Waals surface area contributed by atoms with E-state index in [2.05, 4.69) is 22.9 Å². The minimum Gasteiger partial charge on any atom is -0.497 e. The molecule has 1 aromatic heterocycles. The first-order chi connectivity index (χ1) is 12.2. The number of ether oxygens (including phenoxy) is 2. The van der Waals surface area contributed by atoms with E-state index in [4.69, 9.17) is 9.47 Å². The number of amides is 1. The third-order valence-electron chi connectivity index (χ3n) is 4.81. The zero-order valence-corrected chi connectivity index (χ0v) is 15.0. The van der Waals surface area contributed by atoms with Gasteiger partial charge in [-0.2, -0.15) is 0 Å². The van der Waals surface area contributed by atoms with Gasteiger partial charge in [0.2, 0.25) is 5.91 Å². The maximum Gasteiger partial charge on any atom is 0.227 e. The lowest BCUT2D eigenvalue weighted by Gasteiger charge is -2.24. The van der Waals surface area contributed by atoms with Gasteiger partial charge in [-0.1, -0.05) is 12.1 Å². The highest BCUT2D eigenvalue weighted by Crippen LogP contribution is 2.21. The van der Waals surface area contributed by atoms with Crippen molar-refractivity contribution < 1.29 is 14.3 Å². The molecule has 2 aromatic rings. The molecule has 1 aliphatic heterocycles. The molecule has 0 fully saturated rings. The van der Waals surface area contributed by atoms with Crippen LogP contribution in [0.2, 0.25) is 0 Å². The Labute approximate surface area is 149 Å². The van der Waals surface area contributed by atoms with Crippen LogP contribution in [0, 0.1) is 5.92 Å². The average molecular weight is 342 g/mol. The Hall–Kier alpha value is -2.27. The summed E-state index contributed by atoms with van der Waals surface area (Å²) >= 11 is 0. The monoisotopic (exact) mass is 342 g/mol. The molecule has 0 aliphatic carbocycles. The summed E-state index contributed by atoms with van der Waals surface area (Å²) < 4.78 is 12.7. The molecule has 0 N–H and O–H groups in total. The van der Waals surface area contributed by atoms with Gasteiger partial charge in [0.15, 0.2) is 0 Å². The van der Waals surface area contributed by atoms with E-state index >= 15 is 0 Å². The second-order valence-corrected chi connectivity index (χ2v) is 6.60. The summed E-state index contributed by atoms with van der Waals surface area (Å²) in [5.74, 6) is 1.39. The molecular weight excluding hydrogens is 316 g/mol. The molecule has 25 heavy (non-hydrogen) atoms. The average Bonchev–Trinajstić information content (AvgIpc) is 2.98. The molecule has 0 unspecified atom stereocenters. The molecule has 0 saturated carbocycles. The van der Waals surface area contributed by atoms with Crippen LogP contribution in [0.3, 0.4) is 0 Å². The van der Waals surface area contributed by atoms with E-state index in [1.54, 1.807) is 14.2 Å². The fourth-order valence-electron chi connectivity index (χ4n) is 3.37. The third-order valence-corrected chi connectivity index (χ3v) is 4.81. The Kier molecular flexibility index (Phi) is 5.76. The Bertz CT molecular complexity index is 693. The molecule has 0 bridgehead atoms. The van der Waals surface area contributed by atoms with Crippen LogP contribution in [0.25, 0.3) is 0 Å². The lowest BCUT2D eigenvalue weighted by atomic mass is 10.0. The van der Waals surface area contributed by atoms with Gasteiger partial charge in [-0.25, -0.2) is 0 Å². The van der Waals surface area contributed by atoms with Gasteiger partial charge in [0.25, 0.3) is 0 Å². The van der Waals surface area contributed by atoms with E-state index in [1.807, 2.05) is 29.2 Å². The topological polar surface area (TPSA) is 43.7 Å². The van der Waals surface area contributed by atoms with E-state index < -0.39 is 0 Å². The van der Waals surface area contributed by atoms with E-state index in [0.29, 0.717) is 18.9 Å². The normalized spacial score (nSPS) is 17.0. The van der Waals surface area contributed by atoms with Gasteiger partial charge in [0.1, 0.15) is 5.75 Å². The molecule has 0 spiro atoms. The van der Waals surface area contributed by atoms with Crippen LogP contribution in [0.4, 0.5) is 0 Å². The Balaban J connectivity index is 1.71. The van der Waals surface area contributed by atoms with Crippen molar-refractivity contribution in [2.75, 3.05) is 27.4 Å². The number of aromatic nitrogens is 1. The standard InChI is InChI=1S/C20H26N2O3/c1-24-11-9-17-13-21-10-3-4-18(21)15-22(14-17)20(23)12-16-5-7-19(25-2)8-6-16/h3-8,10,17H,9,11-15H2,1-2H3/t17-/m0/s1. The molecule has 1 aliphatic rings. The summed E-state index contributed by atoms with van der Waals surface area (Å²) in [6, 6.07) is 11.9. The second kappa shape index (κ2) is 8.21. The molecule has 5 heteroatoms. The number of methoxy groups -OCH3 is 2. The number of nitrogens with zero attached hydrogens (tertiary/aromatic N) is 2. The van der Waals surface area contributed by atoms with Crippen LogP contribution in [-0.4, -0.2) is 42.7 Å². The van der Waals surface area contributed by atoms with Crippen LogP contribution in [0.5, 0.6) is 5.75 Å². The molecule has 1 aromatic carbocycles. The highest BCUT2D eigenvalue weighted by Gasteiger charge is 2.24. The number of hydrogen-bond donors (Lipinski definition) is 0. The minimum atomic E-state index is 0.169. The van der Waals surface area contributed by atoms with Crippen molar-refractivity contribution in [3.63, 3.8) is 0 Å². The predicted octanol–water partition coefficient (Wildman–Crippen LogP) is 2.73. The molecule has 1 atom stereocenters. The second-order valence-electron chi connectivity index (χ2n) is 6.60. The number of rotatable bonds is 6. The lowest BCUT2D eigenvalue weighted by molar-refractivity contribution is -0.131. The first-order valence-corrected chi connectivity index (χ1v) is 8.73. The van der Waals surface area contributed by atoms with Crippen molar-refractivity contribution in [2.45, 2.75) is 25.9 Å². The van der Waals surface area contributed by atoms with Gasteiger partial charge in [0, 0.05) is 38.7 Å². The summed E-state index contributed by atoms with van der Waals surface area (Å²) in [6.07, 6.45) is 3.48. The van der Waals surface area contributed by atoms with Gasteiger partial charge in [-0.3, -0.25) is 4.79 Å². The molecule has 0 saturated heterocycles. The molecule has 5 nitrogen and oxygen atoms in total. The first-order valence-electron chi connectivity index (χ1n) is 8.73. The van der Waals surface area contributed by atoms with Crippen LogP contribution in [0.15, 0.2) is 42.6 Å². The van der Waals surface area contributed by atoms with Crippen molar-refractivity contribution in [2.24, 2.45) is 5.92 Å². The van der Waals surface area contributed by atoms with Crippen LogP contribution in [0.1, 0.15) is 17.7 Å². The van der Waals surface area contributed by atoms with E-state index in [0.717, 1.165) is 37.4 Å². The van der Waals surface area contributed by atoms with E-state index in [-0.39, 0.29) is 5.91 Å². The molecule has 3 rings (SSSR count). The zero-order chi connectivity index (χ0) is 17.6. The number of carbonyl (C=O) groups excluding carboxylic acids is 1. The molecule has 0 radical (unpaired) electrons. The van der Waals surface area contributed by atoms with Crippen molar-refractivity contribution >= 4 is 5.91 Å². The Morgan fingerprint density at radius 1 is 1.16 bits per heavy atom. The largest absolute Gasteiger partial charge is 0.497 e. The quantitative estimate of drug-likeness (QED) is 0.811. The van der Waals surface area contributed by atoms with Crippen molar-refractivity contribution in [3.05, 3.63) is 53.9 Å². The summed E-state index contributed by atoms with van der Waals surface area (Å²) in [5.41, 5.74) is 2.21. The molecule has 134 valence electrons. The molecule has 2 heterocycles. The van der Waals surface area contributed by atoms with Crippen LogP contribution < -0.4 is 4.74 Å². The van der Waals surface area contributed by atoms with Gasteiger partial charge in [-0.05, 0) is 42.2 Å². The molecule has 1 amide bonds. The van der Waals surface area contributed by atoms with Crippen LogP contribution in [-0.2, 0) is 29.0 Å². The fraction of sp³-hybridized carbons (Fsp3) is 0.450. The van der Waals surface area contributed by atoms with Gasteiger partial charge in [-0.15, -0.1) is 0 Å². The maximum absolute atomic E-state index is 12.9.